The van der Waals surface area contributed by atoms with Gasteiger partial charge < -0.3 is 29.9 Å². The van der Waals surface area contributed by atoms with Crippen LogP contribution in [0.1, 0.15) is 85.0 Å². The Hall–Kier alpha value is -3.66. The van der Waals surface area contributed by atoms with Crippen LogP contribution in [0.3, 0.4) is 0 Å². The largest absolute Gasteiger partial charge is 0.497 e. The maximum atomic E-state index is 15.1. The molecule has 2 aromatic rings. The Kier molecular flexibility index (Phi) is 17.1. The number of fused-ring (bicyclic) bond motifs is 1. The summed E-state index contributed by atoms with van der Waals surface area (Å²) in [6.45, 7) is 17.3. The van der Waals surface area contributed by atoms with E-state index in [1.807, 2.05) is 65.0 Å². The fourth-order valence-electron chi connectivity index (χ4n) is 4.79. The van der Waals surface area contributed by atoms with E-state index in [0.717, 1.165) is 25.1 Å². The SMILES string of the molecule is CC.CC.CCC(=O)NCCN1C(=O)C(C)(C)Oc2cc(F)c(C(=O)N(CC)[C@@H]3CCCNC3)cc21.COc1ccccc1. The maximum Gasteiger partial charge on any atom is 0.270 e. The highest BCUT2D eigenvalue weighted by Gasteiger charge is 2.42. The smallest absolute Gasteiger partial charge is 0.270 e. The van der Waals surface area contributed by atoms with Gasteiger partial charge in [0.2, 0.25) is 5.91 Å². The Bertz CT molecular complexity index is 1170. The van der Waals surface area contributed by atoms with Crippen molar-refractivity contribution in [3.8, 4) is 11.5 Å². The molecule has 0 unspecified atom stereocenters. The minimum absolute atomic E-state index is 0.00569. The molecule has 2 aromatic carbocycles. The van der Waals surface area contributed by atoms with Crippen molar-refractivity contribution in [2.24, 2.45) is 0 Å². The van der Waals surface area contributed by atoms with E-state index in [2.05, 4.69) is 10.6 Å². The van der Waals surface area contributed by atoms with Crippen molar-refractivity contribution in [3.05, 3.63) is 53.8 Å². The molecule has 2 heterocycles. The van der Waals surface area contributed by atoms with Gasteiger partial charge in [-0.2, -0.15) is 0 Å². The summed E-state index contributed by atoms with van der Waals surface area (Å²) in [5.74, 6) is -0.414. The van der Waals surface area contributed by atoms with Gasteiger partial charge in [-0.05, 0) is 58.4 Å². The van der Waals surface area contributed by atoms with Crippen molar-refractivity contribution < 1.29 is 28.2 Å². The summed E-state index contributed by atoms with van der Waals surface area (Å²) in [6.07, 6.45) is 2.15. The van der Waals surface area contributed by atoms with Crippen LogP contribution in [0.15, 0.2) is 42.5 Å². The average Bonchev–Trinajstić information content (AvgIpc) is 3.05. The molecule has 9 nitrogen and oxygen atoms in total. The molecule has 2 aliphatic rings. The van der Waals surface area contributed by atoms with Gasteiger partial charge in [-0.1, -0.05) is 52.8 Å². The number of hydrogen-bond acceptors (Lipinski definition) is 6. The zero-order chi connectivity index (χ0) is 33.3. The first kappa shape index (κ1) is 38.4. The van der Waals surface area contributed by atoms with E-state index in [1.54, 1.807) is 32.8 Å². The summed E-state index contributed by atoms with van der Waals surface area (Å²) in [6, 6.07) is 12.3. The Balaban J connectivity index is 0.000000683. The van der Waals surface area contributed by atoms with Gasteiger partial charge in [-0.15, -0.1) is 0 Å². The number of nitrogens with one attached hydrogen (secondary N) is 2. The number of likely N-dealkylation sites (N-methyl/N-ethyl adjacent to an activating group) is 1. The van der Waals surface area contributed by atoms with Crippen LogP contribution in [0.5, 0.6) is 11.5 Å². The molecule has 10 heteroatoms. The molecular formula is C34H53FN4O5. The Labute approximate surface area is 263 Å². The molecule has 0 saturated carbocycles. The number of nitrogens with zero attached hydrogens (tertiary/aromatic N) is 2. The van der Waals surface area contributed by atoms with E-state index in [1.165, 1.54) is 17.0 Å². The lowest BCUT2D eigenvalue weighted by Crippen LogP contribution is -2.54. The Morgan fingerprint density at radius 3 is 2.32 bits per heavy atom. The molecule has 4 rings (SSSR count). The van der Waals surface area contributed by atoms with Gasteiger partial charge in [0.1, 0.15) is 17.3 Å². The minimum Gasteiger partial charge on any atom is -0.497 e. The van der Waals surface area contributed by atoms with Gasteiger partial charge in [-0.3, -0.25) is 14.4 Å². The van der Waals surface area contributed by atoms with Gasteiger partial charge in [0.15, 0.2) is 5.60 Å². The predicted molar refractivity (Wildman–Crippen MR) is 175 cm³/mol. The lowest BCUT2D eigenvalue weighted by Gasteiger charge is -2.39. The number of piperidine rings is 1. The number of halogens is 1. The second-order valence-electron chi connectivity index (χ2n) is 10.2. The van der Waals surface area contributed by atoms with Crippen LogP contribution in [0, 0.1) is 5.82 Å². The summed E-state index contributed by atoms with van der Waals surface area (Å²) < 4.78 is 25.8. The first-order chi connectivity index (χ1) is 21.1. The number of methoxy groups -OCH3 is 1. The standard InChI is InChI=1S/C23H33FN4O4.C7H8O.2C2H6/c1-5-20(29)26-10-11-28-18-12-16(17(24)13-19(18)32-23(3,4)22(28)31)21(30)27(6-2)15-8-7-9-25-14-15;1-8-7-5-3-2-4-6-7;2*1-2/h12-13,15,25H,5-11,14H2,1-4H3,(H,26,29);2-6H,1H3;2*1-2H3/t15-;;;/m1.../s1. The van der Waals surface area contributed by atoms with Crippen molar-refractivity contribution in [2.75, 3.05) is 44.7 Å². The zero-order valence-electron chi connectivity index (χ0n) is 28.1. The lowest BCUT2D eigenvalue weighted by molar-refractivity contribution is -0.132. The fraction of sp³-hybridized carbons (Fsp3) is 0.559. The van der Waals surface area contributed by atoms with Gasteiger partial charge in [0, 0.05) is 44.7 Å². The normalized spacial score (nSPS) is 16.2. The summed E-state index contributed by atoms with van der Waals surface area (Å²) >= 11 is 0. The van der Waals surface area contributed by atoms with Gasteiger partial charge in [0.25, 0.3) is 11.8 Å². The van der Waals surface area contributed by atoms with Crippen LogP contribution in [-0.2, 0) is 9.59 Å². The van der Waals surface area contributed by atoms with E-state index in [-0.39, 0.29) is 42.3 Å². The summed E-state index contributed by atoms with van der Waals surface area (Å²) in [7, 11) is 1.66. The van der Waals surface area contributed by atoms with E-state index >= 15 is 4.39 Å². The number of ether oxygens (including phenoxy) is 2. The fourth-order valence-corrected chi connectivity index (χ4v) is 4.79. The number of para-hydroxylation sites is 1. The molecule has 0 radical (unpaired) electrons. The molecular weight excluding hydrogens is 563 g/mol. The second kappa shape index (κ2) is 19.6. The van der Waals surface area contributed by atoms with Crippen molar-refractivity contribution >= 4 is 23.4 Å². The minimum atomic E-state index is -1.19. The highest BCUT2D eigenvalue weighted by molar-refractivity contribution is 6.04. The number of hydrogen-bond donors (Lipinski definition) is 2. The van der Waals surface area contributed by atoms with Crippen LogP contribution in [0.2, 0.25) is 0 Å². The monoisotopic (exact) mass is 616 g/mol. The van der Waals surface area contributed by atoms with Crippen LogP contribution < -0.4 is 25.0 Å². The summed E-state index contributed by atoms with van der Waals surface area (Å²) in [5, 5.41) is 6.03. The zero-order valence-corrected chi connectivity index (χ0v) is 28.1. The molecule has 2 N–H and O–H groups in total. The van der Waals surface area contributed by atoms with E-state index < -0.39 is 17.3 Å². The molecule has 1 fully saturated rings. The second-order valence-corrected chi connectivity index (χ2v) is 10.2. The molecule has 0 bridgehead atoms. The van der Waals surface area contributed by atoms with Crippen LogP contribution in [0.4, 0.5) is 10.1 Å². The number of anilines is 1. The van der Waals surface area contributed by atoms with Gasteiger partial charge in [0.05, 0.1) is 18.4 Å². The molecule has 0 aromatic heterocycles. The Morgan fingerprint density at radius 2 is 1.80 bits per heavy atom. The molecule has 44 heavy (non-hydrogen) atoms. The van der Waals surface area contributed by atoms with E-state index in [9.17, 15) is 14.4 Å². The van der Waals surface area contributed by atoms with Crippen molar-refractivity contribution in [2.45, 2.75) is 86.3 Å². The van der Waals surface area contributed by atoms with Gasteiger partial charge in [-0.25, -0.2) is 4.39 Å². The first-order valence-corrected chi connectivity index (χ1v) is 15.8. The quantitative estimate of drug-likeness (QED) is 0.388. The number of benzene rings is 2. The molecule has 0 aliphatic carbocycles. The van der Waals surface area contributed by atoms with Crippen molar-refractivity contribution in [1.82, 2.24) is 15.5 Å². The average molecular weight is 617 g/mol. The molecule has 0 spiro atoms. The van der Waals surface area contributed by atoms with Crippen LogP contribution in [0.25, 0.3) is 0 Å². The summed E-state index contributed by atoms with van der Waals surface area (Å²) in [5.41, 5.74) is -0.944. The van der Waals surface area contributed by atoms with Crippen molar-refractivity contribution in [3.63, 3.8) is 0 Å². The van der Waals surface area contributed by atoms with Crippen molar-refractivity contribution in [1.29, 1.82) is 0 Å². The van der Waals surface area contributed by atoms with Crippen LogP contribution >= 0.6 is 0 Å². The highest BCUT2D eigenvalue weighted by Crippen LogP contribution is 2.39. The number of rotatable bonds is 8. The van der Waals surface area contributed by atoms with Gasteiger partial charge >= 0.3 is 0 Å². The molecule has 2 aliphatic heterocycles. The van der Waals surface area contributed by atoms with E-state index in [0.29, 0.717) is 25.2 Å². The number of carbonyl (C=O) groups is 3. The van der Waals surface area contributed by atoms with E-state index in [4.69, 9.17) is 9.47 Å². The number of carbonyl (C=O) groups excluding carboxylic acids is 3. The topological polar surface area (TPSA) is 100 Å². The molecule has 246 valence electrons. The lowest BCUT2D eigenvalue weighted by atomic mass is 10.0. The molecule has 1 saturated heterocycles. The third-order valence-electron chi connectivity index (χ3n) is 6.97. The highest BCUT2D eigenvalue weighted by atomic mass is 19.1. The molecule has 3 amide bonds. The first-order valence-electron chi connectivity index (χ1n) is 15.8. The number of amides is 3. The predicted octanol–water partition coefficient (Wildman–Crippen LogP) is 5.82. The summed E-state index contributed by atoms with van der Waals surface area (Å²) in [4.78, 5) is 41.1. The van der Waals surface area contributed by atoms with Crippen LogP contribution in [-0.4, -0.2) is 74.1 Å². The maximum absolute atomic E-state index is 15.1. The molecule has 1 atom stereocenters. The third kappa shape index (κ3) is 10.5. The third-order valence-corrected chi connectivity index (χ3v) is 6.97. The Morgan fingerprint density at radius 1 is 1.14 bits per heavy atom.